The fourth-order valence-electron chi connectivity index (χ4n) is 3.86. The average molecular weight is 487 g/mol. The van der Waals surface area contributed by atoms with Crippen LogP contribution >= 0.6 is 11.6 Å². The van der Waals surface area contributed by atoms with E-state index in [4.69, 9.17) is 11.6 Å². The van der Waals surface area contributed by atoms with Crippen molar-refractivity contribution in [3.05, 3.63) is 112 Å². The minimum Gasteiger partial charge on any atom is -0.481 e. The Balaban J connectivity index is 1.49. The number of carbonyl (C=O) groups excluding carboxylic acids is 2. The molecule has 1 amide bonds. The Kier molecular flexibility index (Phi) is 7.22. The number of nitrogens with zero attached hydrogens (tertiary/aromatic N) is 1. The minimum absolute atomic E-state index is 0.228. The number of aromatic nitrogens is 1. The van der Waals surface area contributed by atoms with Crippen LogP contribution in [0.15, 0.2) is 79.0 Å². The van der Waals surface area contributed by atoms with Crippen LogP contribution in [0.3, 0.4) is 0 Å². The highest BCUT2D eigenvalue weighted by atomic mass is 35.5. The van der Waals surface area contributed by atoms with Gasteiger partial charge in [0.15, 0.2) is 0 Å². The number of amides is 1. The van der Waals surface area contributed by atoms with Gasteiger partial charge in [-0.2, -0.15) is 0 Å². The molecule has 35 heavy (non-hydrogen) atoms. The van der Waals surface area contributed by atoms with Crippen molar-refractivity contribution in [3.63, 3.8) is 0 Å². The number of fused-ring (bicyclic) bond motifs is 1. The van der Waals surface area contributed by atoms with Crippen molar-refractivity contribution in [2.45, 2.75) is 19.3 Å². The first-order valence-electron chi connectivity index (χ1n) is 11.1. The summed E-state index contributed by atoms with van der Waals surface area (Å²) >= 11 is 5.89. The van der Waals surface area contributed by atoms with E-state index in [0.717, 1.165) is 5.56 Å². The maximum Gasteiger partial charge on any atom is 0.310 e. The lowest BCUT2D eigenvalue weighted by atomic mass is 9.94. The summed E-state index contributed by atoms with van der Waals surface area (Å²) in [4.78, 5) is 41.5. The van der Waals surface area contributed by atoms with Crippen molar-refractivity contribution in [2.75, 3.05) is 6.54 Å². The highest BCUT2D eigenvalue weighted by Crippen LogP contribution is 2.28. The van der Waals surface area contributed by atoms with Crippen molar-refractivity contribution in [3.8, 4) is 0 Å². The molecule has 6 nitrogen and oxygen atoms in total. The first-order valence-corrected chi connectivity index (χ1v) is 11.5. The van der Waals surface area contributed by atoms with Crippen molar-refractivity contribution in [2.24, 2.45) is 0 Å². The monoisotopic (exact) mass is 486 g/mol. The molecule has 0 spiro atoms. The van der Waals surface area contributed by atoms with Crippen LogP contribution in [0.2, 0.25) is 5.02 Å². The van der Waals surface area contributed by atoms with E-state index in [1.165, 1.54) is 6.20 Å². The zero-order valence-corrected chi connectivity index (χ0v) is 19.8. The lowest BCUT2D eigenvalue weighted by Gasteiger charge is -2.13. The summed E-state index contributed by atoms with van der Waals surface area (Å²) in [6.07, 6.45) is 2.13. The van der Waals surface area contributed by atoms with Gasteiger partial charge in [0.1, 0.15) is 5.69 Å². The molecule has 1 aromatic heterocycles. The number of halogens is 1. The van der Waals surface area contributed by atoms with Gasteiger partial charge in [0.05, 0.1) is 5.92 Å². The van der Waals surface area contributed by atoms with E-state index in [9.17, 15) is 19.5 Å². The summed E-state index contributed by atoms with van der Waals surface area (Å²) in [6.45, 7) is 2.06. The number of carboxylic acid groups (broad SMARTS) is 1. The molecule has 2 N–H and O–H groups in total. The number of rotatable bonds is 8. The first kappa shape index (κ1) is 24.1. The zero-order valence-electron chi connectivity index (χ0n) is 19.0. The summed E-state index contributed by atoms with van der Waals surface area (Å²) < 4.78 is 0. The predicted molar refractivity (Wildman–Crippen MR) is 135 cm³/mol. The van der Waals surface area contributed by atoms with Gasteiger partial charge < -0.3 is 10.4 Å². The quantitative estimate of drug-likeness (QED) is 0.330. The molecule has 0 aliphatic carbocycles. The number of hydrogen-bond donors (Lipinski definition) is 2. The van der Waals surface area contributed by atoms with E-state index < -0.39 is 11.9 Å². The van der Waals surface area contributed by atoms with Crippen LogP contribution < -0.4 is 5.32 Å². The van der Waals surface area contributed by atoms with Crippen LogP contribution in [0.25, 0.3) is 10.8 Å². The average Bonchev–Trinajstić information content (AvgIpc) is 2.88. The van der Waals surface area contributed by atoms with Crippen LogP contribution in [-0.4, -0.2) is 34.3 Å². The van der Waals surface area contributed by atoms with Gasteiger partial charge >= 0.3 is 5.97 Å². The summed E-state index contributed by atoms with van der Waals surface area (Å²) in [5.74, 6) is -2.24. The molecule has 1 atom stereocenters. The Morgan fingerprint density at radius 3 is 2.20 bits per heavy atom. The molecule has 1 unspecified atom stereocenters. The van der Waals surface area contributed by atoms with E-state index in [0.29, 0.717) is 45.5 Å². The smallest absolute Gasteiger partial charge is 0.310 e. The van der Waals surface area contributed by atoms with E-state index in [1.54, 1.807) is 55.5 Å². The van der Waals surface area contributed by atoms with Gasteiger partial charge in [0, 0.05) is 34.3 Å². The van der Waals surface area contributed by atoms with Gasteiger partial charge in [-0.05, 0) is 54.1 Å². The molecular formula is C28H23ClN2O4. The first-order chi connectivity index (χ1) is 16.8. The normalized spacial score (nSPS) is 11.7. The summed E-state index contributed by atoms with van der Waals surface area (Å²) in [7, 11) is 0. The molecule has 3 aromatic carbocycles. The number of carboxylic acids is 1. The maximum atomic E-state index is 13.2. The van der Waals surface area contributed by atoms with Crippen molar-refractivity contribution in [1.29, 1.82) is 0 Å². The Morgan fingerprint density at radius 1 is 0.914 bits per heavy atom. The molecule has 0 radical (unpaired) electrons. The van der Waals surface area contributed by atoms with Crippen LogP contribution in [0, 0.1) is 0 Å². The topological polar surface area (TPSA) is 96.4 Å². The van der Waals surface area contributed by atoms with Crippen molar-refractivity contribution >= 4 is 40.0 Å². The molecule has 0 bridgehead atoms. The third-order valence-corrected chi connectivity index (χ3v) is 6.15. The van der Waals surface area contributed by atoms with Crippen molar-refractivity contribution in [1.82, 2.24) is 10.3 Å². The summed E-state index contributed by atoms with van der Waals surface area (Å²) in [6, 6.07) is 21.0. The molecule has 176 valence electrons. The number of pyridine rings is 1. The number of carbonyl (C=O) groups is 3. The van der Waals surface area contributed by atoms with Gasteiger partial charge in [-0.15, -0.1) is 0 Å². The highest BCUT2D eigenvalue weighted by Gasteiger charge is 2.21. The molecule has 0 aliphatic rings. The standard InChI is InChI=1S/C28H23ClN2O4/c1-17(28(34)35)24-16-31-25(23-5-3-2-4-22(23)24)26(32)19-8-10-20(11-9-19)27(33)30-15-14-18-6-12-21(29)13-7-18/h2-13,16-17H,14-15H2,1H3,(H,30,33)(H,34,35). The number of nitrogens with one attached hydrogen (secondary N) is 1. The number of hydrogen-bond acceptors (Lipinski definition) is 4. The fourth-order valence-corrected chi connectivity index (χ4v) is 3.98. The number of benzene rings is 3. The third kappa shape index (κ3) is 5.39. The van der Waals surface area contributed by atoms with E-state index in [-0.39, 0.29) is 17.4 Å². The molecule has 7 heteroatoms. The second-order valence-corrected chi connectivity index (χ2v) is 8.64. The van der Waals surface area contributed by atoms with Gasteiger partial charge in [-0.3, -0.25) is 19.4 Å². The Morgan fingerprint density at radius 2 is 1.54 bits per heavy atom. The lowest BCUT2D eigenvalue weighted by Crippen LogP contribution is -2.25. The van der Waals surface area contributed by atoms with E-state index in [1.807, 2.05) is 24.3 Å². The second-order valence-electron chi connectivity index (χ2n) is 8.21. The predicted octanol–water partition coefficient (Wildman–Crippen LogP) is 5.28. The molecule has 0 saturated heterocycles. The summed E-state index contributed by atoms with van der Waals surface area (Å²) in [5, 5.41) is 14.2. The molecule has 4 aromatic rings. The van der Waals surface area contributed by atoms with E-state index in [2.05, 4.69) is 10.3 Å². The maximum absolute atomic E-state index is 13.2. The fraction of sp³-hybridized carbons (Fsp3) is 0.143. The molecule has 0 fully saturated rings. The summed E-state index contributed by atoms with van der Waals surface area (Å²) in [5.41, 5.74) is 2.69. The molecule has 0 aliphatic heterocycles. The molecule has 4 rings (SSSR count). The van der Waals surface area contributed by atoms with Gasteiger partial charge in [0.2, 0.25) is 5.78 Å². The molecular weight excluding hydrogens is 464 g/mol. The zero-order chi connectivity index (χ0) is 24.9. The third-order valence-electron chi connectivity index (χ3n) is 5.90. The van der Waals surface area contributed by atoms with Crippen LogP contribution in [0.1, 0.15) is 50.4 Å². The second kappa shape index (κ2) is 10.5. The van der Waals surface area contributed by atoms with Gasteiger partial charge in [-0.25, -0.2) is 0 Å². The largest absolute Gasteiger partial charge is 0.481 e. The number of ketones is 1. The number of aliphatic carboxylic acids is 1. The minimum atomic E-state index is -0.960. The van der Waals surface area contributed by atoms with Gasteiger partial charge in [-0.1, -0.05) is 60.1 Å². The van der Waals surface area contributed by atoms with Crippen molar-refractivity contribution < 1.29 is 19.5 Å². The highest BCUT2D eigenvalue weighted by molar-refractivity contribution is 6.30. The van der Waals surface area contributed by atoms with Crippen LogP contribution in [-0.2, 0) is 11.2 Å². The SMILES string of the molecule is CC(C(=O)O)c1cnc(C(=O)c2ccc(C(=O)NCCc3ccc(Cl)cc3)cc2)c2ccccc12. The molecule has 1 heterocycles. The van der Waals surface area contributed by atoms with Crippen LogP contribution in [0.5, 0.6) is 0 Å². The van der Waals surface area contributed by atoms with E-state index >= 15 is 0 Å². The Labute approximate surface area is 207 Å². The van der Waals surface area contributed by atoms with Crippen LogP contribution in [0.4, 0.5) is 0 Å². The Bertz CT molecular complexity index is 1400. The Hall–Kier alpha value is -4.03. The lowest BCUT2D eigenvalue weighted by molar-refractivity contribution is -0.138. The van der Waals surface area contributed by atoms with Gasteiger partial charge in [0.25, 0.3) is 5.91 Å². The molecule has 0 saturated carbocycles.